The molecular formula is C17H23N5O2. The number of esters is 1. The molecule has 2 aromatic heterocycles. The topological polar surface area (TPSA) is 73.1 Å². The molecule has 3 rings (SSSR count). The quantitative estimate of drug-likeness (QED) is 0.800. The average molecular weight is 329 g/mol. The number of aromatic nitrogens is 4. The van der Waals surface area contributed by atoms with Crippen molar-refractivity contribution in [2.24, 2.45) is 5.41 Å². The van der Waals surface area contributed by atoms with Crippen molar-refractivity contribution >= 4 is 11.8 Å². The number of hydrogen-bond acceptors (Lipinski definition) is 6. The number of anilines is 1. The largest absolute Gasteiger partial charge is 0.466 e. The van der Waals surface area contributed by atoms with Crippen LogP contribution in [0.25, 0.3) is 5.82 Å². The highest BCUT2D eigenvalue weighted by molar-refractivity contribution is 5.78. The van der Waals surface area contributed by atoms with Crippen molar-refractivity contribution in [2.45, 2.75) is 34.1 Å². The Hall–Kier alpha value is -2.44. The van der Waals surface area contributed by atoms with Gasteiger partial charge in [-0.05, 0) is 52.3 Å². The maximum atomic E-state index is 12.1. The highest BCUT2D eigenvalue weighted by atomic mass is 16.5. The Kier molecular flexibility index (Phi) is 4.26. The van der Waals surface area contributed by atoms with Crippen LogP contribution in [0.5, 0.6) is 0 Å². The van der Waals surface area contributed by atoms with E-state index in [-0.39, 0.29) is 5.97 Å². The smallest absolute Gasteiger partial charge is 0.313 e. The van der Waals surface area contributed by atoms with Crippen molar-refractivity contribution in [3.63, 3.8) is 0 Å². The van der Waals surface area contributed by atoms with Gasteiger partial charge in [0.15, 0.2) is 11.6 Å². The van der Waals surface area contributed by atoms with Crippen LogP contribution < -0.4 is 4.90 Å². The fourth-order valence-corrected chi connectivity index (χ4v) is 3.09. The van der Waals surface area contributed by atoms with Crippen molar-refractivity contribution in [3.8, 4) is 5.82 Å². The monoisotopic (exact) mass is 329 g/mol. The SMILES string of the molecule is CCOC(=O)C1(C)CCN(c2ccc(-n3nc(C)cc3C)nn2)C1. The van der Waals surface area contributed by atoms with Gasteiger partial charge in [-0.15, -0.1) is 10.2 Å². The molecule has 0 saturated carbocycles. The Balaban J connectivity index is 1.75. The van der Waals surface area contributed by atoms with Crippen molar-refractivity contribution in [1.29, 1.82) is 0 Å². The van der Waals surface area contributed by atoms with E-state index in [9.17, 15) is 4.79 Å². The Bertz CT molecular complexity index is 740. The fourth-order valence-electron chi connectivity index (χ4n) is 3.09. The number of carbonyl (C=O) groups excluding carboxylic acids is 1. The molecule has 1 saturated heterocycles. The molecule has 1 fully saturated rings. The van der Waals surface area contributed by atoms with Crippen LogP contribution >= 0.6 is 0 Å². The number of ether oxygens (including phenoxy) is 1. The summed E-state index contributed by atoms with van der Waals surface area (Å²) in [6, 6.07) is 5.83. The summed E-state index contributed by atoms with van der Waals surface area (Å²) in [5, 5.41) is 13.0. The van der Waals surface area contributed by atoms with Crippen LogP contribution in [-0.4, -0.2) is 45.6 Å². The molecule has 0 aliphatic carbocycles. The average Bonchev–Trinajstić information content (AvgIpc) is 3.11. The van der Waals surface area contributed by atoms with Crippen molar-refractivity contribution in [1.82, 2.24) is 20.0 Å². The van der Waals surface area contributed by atoms with Gasteiger partial charge < -0.3 is 9.64 Å². The first-order chi connectivity index (χ1) is 11.4. The lowest BCUT2D eigenvalue weighted by Crippen LogP contribution is -2.33. The zero-order valence-electron chi connectivity index (χ0n) is 14.6. The molecule has 24 heavy (non-hydrogen) atoms. The second-order valence-electron chi connectivity index (χ2n) is 6.54. The predicted octanol–water partition coefficient (Wildman–Crippen LogP) is 2.06. The van der Waals surface area contributed by atoms with Gasteiger partial charge in [-0.1, -0.05) is 0 Å². The third kappa shape index (κ3) is 2.98. The summed E-state index contributed by atoms with van der Waals surface area (Å²) in [4.78, 5) is 14.2. The standard InChI is InChI=1S/C17H23N5O2/c1-5-24-16(23)17(4)8-9-21(11-17)14-6-7-15(19-18-14)22-13(3)10-12(2)20-22/h6-7,10H,5,8-9,11H2,1-4H3. The van der Waals surface area contributed by atoms with E-state index in [1.165, 1.54) is 0 Å². The van der Waals surface area contributed by atoms with E-state index in [1.807, 2.05) is 45.9 Å². The Morgan fingerprint density at radius 1 is 1.29 bits per heavy atom. The van der Waals surface area contributed by atoms with Gasteiger partial charge in [-0.25, -0.2) is 4.68 Å². The molecule has 7 heteroatoms. The van der Waals surface area contributed by atoms with Crippen molar-refractivity contribution < 1.29 is 9.53 Å². The number of hydrogen-bond donors (Lipinski definition) is 0. The van der Waals surface area contributed by atoms with Crippen LogP contribution in [0, 0.1) is 19.3 Å². The van der Waals surface area contributed by atoms with Crippen LogP contribution in [0.1, 0.15) is 31.7 Å². The van der Waals surface area contributed by atoms with Gasteiger partial charge in [0, 0.05) is 18.8 Å². The van der Waals surface area contributed by atoms with E-state index in [0.29, 0.717) is 19.0 Å². The van der Waals surface area contributed by atoms with Gasteiger partial charge in [0.25, 0.3) is 0 Å². The molecule has 1 atom stereocenters. The summed E-state index contributed by atoms with van der Waals surface area (Å²) in [5.41, 5.74) is 1.49. The maximum Gasteiger partial charge on any atom is 0.313 e. The summed E-state index contributed by atoms with van der Waals surface area (Å²) < 4.78 is 6.97. The molecule has 0 bridgehead atoms. The summed E-state index contributed by atoms with van der Waals surface area (Å²) in [6.07, 6.45) is 0.757. The molecule has 0 aromatic carbocycles. The lowest BCUT2D eigenvalue weighted by atomic mass is 9.90. The normalized spacial score (nSPS) is 20.4. The zero-order chi connectivity index (χ0) is 17.3. The van der Waals surface area contributed by atoms with Gasteiger partial charge in [0.05, 0.1) is 17.7 Å². The van der Waals surface area contributed by atoms with Crippen LogP contribution in [0.4, 0.5) is 5.82 Å². The van der Waals surface area contributed by atoms with Gasteiger partial charge in [-0.2, -0.15) is 5.10 Å². The first kappa shape index (κ1) is 16.4. The molecule has 0 spiro atoms. The van der Waals surface area contributed by atoms with Crippen molar-refractivity contribution in [2.75, 3.05) is 24.6 Å². The summed E-state index contributed by atoms with van der Waals surface area (Å²) in [6.45, 7) is 9.49. The van der Waals surface area contributed by atoms with Crippen LogP contribution in [0.15, 0.2) is 18.2 Å². The summed E-state index contributed by atoms with van der Waals surface area (Å²) in [5.74, 6) is 1.32. The van der Waals surface area contributed by atoms with Gasteiger partial charge >= 0.3 is 5.97 Å². The van der Waals surface area contributed by atoms with Crippen LogP contribution in [0.2, 0.25) is 0 Å². The number of aryl methyl sites for hydroxylation is 2. The number of carbonyl (C=O) groups is 1. The number of nitrogens with zero attached hydrogens (tertiary/aromatic N) is 5. The molecular weight excluding hydrogens is 306 g/mol. The molecule has 128 valence electrons. The van der Waals surface area contributed by atoms with Gasteiger partial charge in [0.1, 0.15) is 0 Å². The first-order valence-corrected chi connectivity index (χ1v) is 8.22. The Morgan fingerprint density at radius 2 is 2.00 bits per heavy atom. The molecule has 0 amide bonds. The summed E-state index contributed by atoms with van der Waals surface area (Å²) >= 11 is 0. The highest BCUT2D eigenvalue weighted by Gasteiger charge is 2.42. The minimum Gasteiger partial charge on any atom is -0.466 e. The van der Waals surface area contributed by atoms with E-state index in [2.05, 4.69) is 20.2 Å². The van der Waals surface area contributed by atoms with E-state index in [0.717, 1.165) is 30.2 Å². The maximum absolute atomic E-state index is 12.1. The lowest BCUT2D eigenvalue weighted by Gasteiger charge is -2.22. The second-order valence-corrected chi connectivity index (χ2v) is 6.54. The van der Waals surface area contributed by atoms with E-state index >= 15 is 0 Å². The predicted molar refractivity (Wildman–Crippen MR) is 90.2 cm³/mol. The highest BCUT2D eigenvalue weighted by Crippen LogP contribution is 2.33. The third-order valence-corrected chi connectivity index (χ3v) is 4.43. The lowest BCUT2D eigenvalue weighted by molar-refractivity contribution is -0.153. The zero-order valence-corrected chi connectivity index (χ0v) is 14.6. The van der Waals surface area contributed by atoms with Crippen LogP contribution in [-0.2, 0) is 9.53 Å². The minimum absolute atomic E-state index is 0.139. The molecule has 0 N–H and O–H groups in total. The molecule has 0 radical (unpaired) electrons. The molecule has 3 heterocycles. The third-order valence-electron chi connectivity index (χ3n) is 4.43. The van der Waals surface area contributed by atoms with Gasteiger partial charge in [-0.3, -0.25) is 4.79 Å². The number of rotatable bonds is 4. The first-order valence-electron chi connectivity index (χ1n) is 8.22. The van der Waals surface area contributed by atoms with Crippen molar-refractivity contribution in [3.05, 3.63) is 29.6 Å². The van der Waals surface area contributed by atoms with E-state index in [1.54, 1.807) is 4.68 Å². The Morgan fingerprint density at radius 3 is 2.58 bits per heavy atom. The van der Waals surface area contributed by atoms with E-state index in [4.69, 9.17) is 4.74 Å². The summed E-state index contributed by atoms with van der Waals surface area (Å²) in [7, 11) is 0. The molecule has 1 unspecified atom stereocenters. The minimum atomic E-state index is -0.480. The van der Waals surface area contributed by atoms with Crippen LogP contribution in [0.3, 0.4) is 0 Å². The molecule has 7 nitrogen and oxygen atoms in total. The fraction of sp³-hybridized carbons (Fsp3) is 0.529. The van der Waals surface area contributed by atoms with E-state index < -0.39 is 5.41 Å². The second kappa shape index (κ2) is 6.22. The Labute approximate surface area is 141 Å². The van der Waals surface area contributed by atoms with Gasteiger partial charge in [0.2, 0.25) is 0 Å². The molecule has 2 aromatic rings. The molecule has 1 aliphatic heterocycles. The molecule has 1 aliphatic rings.